The highest BCUT2D eigenvalue weighted by atomic mass is 35.5. The Balaban J connectivity index is 1.97. The van der Waals surface area contributed by atoms with Crippen molar-refractivity contribution in [2.45, 2.75) is 39.2 Å². The molecule has 1 aliphatic heterocycles. The number of nitrogens with one attached hydrogen (secondary N) is 1. The number of hydrogen-bond donors (Lipinski definition) is 1. The average Bonchev–Trinajstić information content (AvgIpc) is 2.76. The highest BCUT2D eigenvalue weighted by Gasteiger charge is 2.19. The maximum absolute atomic E-state index is 6.09. The Labute approximate surface area is 125 Å². The second-order valence-electron chi connectivity index (χ2n) is 6.02. The van der Waals surface area contributed by atoms with E-state index >= 15 is 0 Å². The second-order valence-corrected chi connectivity index (χ2v) is 6.46. The monoisotopic (exact) mass is 291 g/mol. The van der Waals surface area contributed by atoms with E-state index in [1.165, 1.54) is 24.2 Å². The number of fused-ring (bicyclic) bond motifs is 1. The zero-order valence-corrected chi connectivity index (χ0v) is 13.0. The van der Waals surface area contributed by atoms with Crippen LogP contribution in [0.25, 0.3) is 11.0 Å². The molecule has 1 aromatic heterocycles. The minimum atomic E-state index is 0.429. The van der Waals surface area contributed by atoms with E-state index in [0.717, 1.165) is 36.0 Å². The van der Waals surface area contributed by atoms with Crippen molar-refractivity contribution in [3.05, 3.63) is 29.0 Å². The molecule has 0 amide bonds. The lowest BCUT2D eigenvalue weighted by molar-refractivity contribution is 0.361. The van der Waals surface area contributed by atoms with Crippen LogP contribution in [0.5, 0.6) is 0 Å². The molecular formula is C16H22ClN3. The Hall–Kier alpha value is -1.06. The maximum Gasteiger partial charge on any atom is 0.110 e. The van der Waals surface area contributed by atoms with Gasteiger partial charge in [0.25, 0.3) is 0 Å². The van der Waals surface area contributed by atoms with Crippen LogP contribution in [0.3, 0.4) is 0 Å². The van der Waals surface area contributed by atoms with Gasteiger partial charge in [0.2, 0.25) is 0 Å². The van der Waals surface area contributed by atoms with E-state index in [1.807, 2.05) is 12.1 Å². The lowest BCUT2D eigenvalue weighted by Crippen LogP contribution is -2.29. The van der Waals surface area contributed by atoms with Crippen LogP contribution in [-0.4, -0.2) is 22.6 Å². The summed E-state index contributed by atoms with van der Waals surface area (Å²) in [5.41, 5.74) is 2.23. The van der Waals surface area contributed by atoms with Crippen molar-refractivity contribution in [3.8, 4) is 0 Å². The Morgan fingerprint density at radius 1 is 1.35 bits per heavy atom. The summed E-state index contributed by atoms with van der Waals surface area (Å²) in [6, 6.07) is 6.45. The first kappa shape index (κ1) is 13.9. The molecule has 4 heteroatoms. The first-order valence-corrected chi connectivity index (χ1v) is 7.90. The predicted octanol–water partition coefficient (Wildman–Crippen LogP) is 3.81. The Bertz CT molecular complexity index is 597. The third-order valence-electron chi connectivity index (χ3n) is 4.17. The van der Waals surface area contributed by atoms with Gasteiger partial charge in [-0.25, -0.2) is 4.98 Å². The van der Waals surface area contributed by atoms with Gasteiger partial charge < -0.3 is 9.88 Å². The molecule has 1 aromatic carbocycles. The average molecular weight is 292 g/mol. The highest BCUT2D eigenvalue weighted by Crippen LogP contribution is 2.27. The van der Waals surface area contributed by atoms with Crippen LogP contribution in [-0.2, 0) is 6.42 Å². The molecule has 3 rings (SSSR count). The number of imidazole rings is 1. The van der Waals surface area contributed by atoms with Crippen LogP contribution in [0.4, 0.5) is 0 Å². The van der Waals surface area contributed by atoms with Crippen molar-refractivity contribution < 1.29 is 0 Å². The van der Waals surface area contributed by atoms with Crippen LogP contribution in [0, 0.1) is 5.92 Å². The van der Waals surface area contributed by atoms with Crippen LogP contribution >= 0.6 is 11.6 Å². The number of halogens is 1. The van der Waals surface area contributed by atoms with Crippen molar-refractivity contribution in [1.29, 1.82) is 0 Å². The first-order chi connectivity index (χ1) is 9.65. The van der Waals surface area contributed by atoms with Crippen molar-refractivity contribution in [1.82, 2.24) is 14.9 Å². The predicted molar refractivity (Wildman–Crippen MR) is 84.4 cm³/mol. The van der Waals surface area contributed by atoms with E-state index in [1.54, 1.807) is 0 Å². The molecule has 0 spiro atoms. The molecule has 3 nitrogen and oxygen atoms in total. The molecule has 1 aliphatic rings. The molecule has 2 aromatic rings. The van der Waals surface area contributed by atoms with Gasteiger partial charge in [-0.2, -0.15) is 0 Å². The van der Waals surface area contributed by atoms with Gasteiger partial charge in [0.05, 0.1) is 11.0 Å². The van der Waals surface area contributed by atoms with Crippen LogP contribution in [0.15, 0.2) is 18.2 Å². The molecule has 108 valence electrons. The maximum atomic E-state index is 6.09. The van der Waals surface area contributed by atoms with Gasteiger partial charge in [0.15, 0.2) is 0 Å². The van der Waals surface area contributed by atoms with Gasteiger partial charge in [0, 0.05) is 17.5 Å². The van der Waals surface area contributed by atoms with Crippen LogP contribution < -0.4 is 5.32 Å². The third kappa shape index (κ3) is 2.70. The van der Waals surface area contributed by atoms with E-state index in [-0.39, 0.29) is 0 Å². The van der Waals surface area contributed by atoms with Crippen LogP contribution in [0.2, 0.25) is 5.02 Å². The SMILES string of the molecule is CC(C)n1c(CC2CCNCC2)nc2cc(Cl)ccc21. The Morgan fingerprint density at radius 2 is 2.10 bits per heavy atom. The second kappa shape index (κ2) is 5.74. The zero-order valence-electron chi connectivity index (χ0n) is 12.2. The zero-order chi connectivity index (χ0) is 14.1. The lowest BCUT2D eigenvalue weighted by Gasteiger charge is -2.23. The normalized spacial score (nSPS) is 17.2. The minimum Gasteiger partial charge on any atom is -0.325 e. The number of rotatable bonds is 3. The summed E-state index contributed by atoms with van der Waals surface area (Å²) < 4.78 is 2.37. The molecule has 1 saturated heterocycles. The fourth-order valence-corrected chi connectivity index (χ4v) is 3.35. The van der Waals surface area contributed by atoms with E-state index in [2.05, 4.69) is 29.8 Å². The fraction of sp³-hybridized carbons (Fsp3) is 0.562. The third-order valence-corrected chi connectivity index (χ3v) is 4.41. The fourth-order valence-electron chi connectivity index (χ4n) is 3.19. The molecule has 0 atom stereocenters. The number of hydrogen-bond acceptors (Lipinski definition) is 2. The summed E-state index contributed by atoms with van der Waals surface area (Å²) in [5.74, 6) is 1.96. The van der Waals surface area contributed by atoms with E-state index in [4.69, 9.17) is 16.6 Å². The summed E-state index contributed by atoms with van der Waals surface area (Å²) in [7, 11) is 0. The summed E-state index contributed by atoms with van der Waals surface area (Å²) in [5, 5.41) is 4.19. The lowest BCUT2D eigenvalue weighted by atomic mass is 9.94. The van der Waals surface area contributed by atoms with Gasteiger partial charge in [-0.15, -0.1) is 0 Å². The van der Waals surface area contributed by atoms with Gasteiger partial charge in [-0.05, 0) is 63.9 Å². The molecule has 0 unspecified atom stereocenters. The first-order valence-electron chi connectivity index (χ1n) is 7.52. The molecule has 2 heterocycles. The number of nitrogens with zero attached hydrogens (tertiary/aromatic N) is 2. The number of piperidine rings is 1. The van der Waals surface area contributed by atoms with Gasteiger partial charge >= 0.3 is 0 Å². The minimum absolute atomic E-state index is 0.429. The van der Waals surface area contributed by atoms with Crippen molar-refractivity contribution in [2.24, 2.45) is 5.92 Å². The summed E-state index contributed by atoms with van der Waals surface area (Å²) in [6.45, 7) is 6.72. The van der Waals surface area contributed by atoms with Gasteiger partial charge in [-0.3, -0.25) is 0 Å². The number of aromatic nitrogens is 2. The molecule has 20 heavy (non-hydrogen) atoms. The van der Waals surface area contributed by atoms with Gasteiger partial charge in [-0.1, -0.05) is 11.6 Å². The molecule has 1 fully saturated rings. The summed E-state index contributed by atoms with van der Waals surface area (Å²) >= 11 is 6.09. The topological polar surface area (TPSA) is 29.9 Å². The van der Waals surface area contributed by atoms with Gasteiger partial charge in [0.1, 0.15) is 5.82 Å². The highest BCUT2D eigenvalue weighted by molar-refractivity contribution is 6.31. The van der Waals surface area contributed by atoms with Crippen molar-refractivity contribution in [3.63, 3.8) is 0 Å². The molecule has 0 saturated carbocycles. The van der Waals surface area contributed by atoms with E-state index in [9.17, 15) is 0 Å². The van der Waals surface area contributed by atoms with Crippen molar-refractivity contribution in [2.75, 3.05) is 13.1 Å². The molecule has 1 N–H and O–H groups in total. The number of benzene rings is 1. The standard InChI is InChI=1S/C16H22ClN3/c1-11(2)20-15-4-3-13(17)10-14(15)19-16(20)9-12-5-7-18-8-6-12/h3-4,10-12,18H,5-9H2,1-2H3. The van der Waals surface area contributed by atoms with E-state index in [0.29, 0.717) is 6.04 Å². The Morgan fingerprint density at radius 3 is 2.80 bits per heavy atom. The van der Waals surface area contributed by atoms with Crippen molar-refractivity contribution >= 4 is 22.6 Å². The van der Waals surface area contributed by atoms with Crippen LogP contribution in [0.1, 0.15) is 38.6 Å². The largest absolute Gasteiger partial charge is 0.325 e. The Kier molecular flexibility index (Phi) is 3.99. The molecule has 0 radical (unpaired) electrons. The molecular weight excluding hydrogens is 270 g/mol. The smallest absolute Gasteiger partial charge is 0.110 e. The molecule has 0 bridgehead atoms. The summed E-state index contributed by atoms with van der Waals surface area (Å²) in [4.78, 5) is 4.85. The van der Waals surface area contributed by atoms with E-state index < -0.39 is 0 Å². The molecule has 0 aliphatic carbocycles. The quantitative estimate of drug-likeness (QED) is 0.932. The summed E-state index contributed by atoms with van der Waals surface area (Å²) in [6.07, 6.45) is 3.58.